The molecule has 0 heterocycles. The van der Waals surface area contributed by atoms with Crippen molar-refractivity contribution in [2.24, 2.45) is 11.7 Å². The van der Waals surface area contributed by atoms with E-state index in [0.29, 0.717) is 12.5 Å². The van der Waals surface area contributed by atoms with Gasteiger partial charge in [0, 0.05) is 16.2 Å². The number of halogens is 1. The first kappa shape index (κ1) is 11.0. The quantitative estimate of drug-likeness (QED) is 0.855. The van der Waals surface area contributed by atoms with Gasteiger partial charge in [-0.25, -0.2) is 4.39 Å². The van der Waals surface area contributed by atoms with Gasteiger partial charge in [-0.2, -0.15) is 0 Å². The van der Waals surface area contributed by atoms with Crippen molar-refractivity contribution in [1.82, 2.24) is 0 Å². The molecule has 0 aromatic heterocycles. The van der Waals surface area contributed by atoms with Gasteiger partial charge in [-0.05, 0) is 30.9 Å². The Morgan fingerprint density at radius 3 is 2.73 bits per heavy atom. The second kappa shape index (κ2) is 4.14. The summed E-state index contributed by atoms with van der Waals surface area (Å²) in [6.45, 7) is 2.83. The molecule has 15 heavy (non-hydrogen) atoms. The lowest BCUT2D eigenvalue weighted by Gasteiger charge is -2.46. The first-order valence-corrected chi connectivity index (χ1v) is 6.13. The monoisotopic (exact) mass is 225 g/mol. The van der Waals surface area contributed by atoms with Gasteiger partial charge in [0.05, 0.1) is 0 Å². The molecule has 2 atom stereocenters. The molecule has 1 aliphatic carbocycles. The van der Waals surface area contributed by atoms with Crippen molar-refractivity contribution in [3.63, 3.8) is 0 Å². The van der Waals surface area contributed by atoms with Crippen LogP contribution in [0.25, 0.3) is 0 Å². The van der Waals surface area contributed by atoms with Crippen LogP contribution in [0.5, 0.6) is 0 Å². The van der Waals surface area contributed by atoms with Gasteiger partial charge in [-0.15, -0.1) is 11.8 Å². The Bertz CT molecular complexity index is 351. The van der Waals surface area contributed by atoms with Crippen molar-refractivity contribution in [3.05, 3.63) is 30.1 Å². The van der Waals surface area contributed by atoms with Gasteiger partial charge in [0.15, 0.2) is 0 Å². The van der Waals surface area contributed by atoms with Crippen molar-refractivity contribution in [1.29, 1.82) is 0 Å². The van der Waals surface area contributed by atoms with Crippen LogP contribution in [0.4, 0.5) is 4.39 Å². The van der Waals surface area contributed by atoms with E-state index in [9.17, 15) is 4.39 Å². The van der Waals surface area contributed by atoms with Crippen molar-refractivity contribution in [3.8, 4) is 0 Å². The molecule has 3 heteroatoms. The fraction of sp³-hybridized carbons (Fsp3) is 0.500. The van der Waals surface area contributed by atoms with E-state index in [1.165, 1.54) is 12.5 Å². The number of nitrogens with two attached hydrogens (primary N) is 1. The van der Waals surface area contributed by atoms with Crippen molar-refractivity contribution in [2.75, 3.05) is 6.54 Å². The molecule has 2 N–H and O–H groups in total. The van der Waals surface area contributed by atoms with Crippen LogP contribution in [0.1, 0.15) is 19.8 Å². The second-order valence-corrected chi connectivity index (χ2v) is 5.70. The van der Waals surface area contributed by atoms with E-state index in [4.69, 9.17) is 5.73 Å². The van der Waals surface area contributed by atoms with Gasteiger partial charge in [0.1, 0.15) is 5.82 Å². The molecular formula is C12H16FNS. The first-order chi connectivity index (χ1) is 7.18. The molecule has 0 radical (unpaired) electrons. The van der Waals surface area contributed by atoms with Crippen LogP contribution in [0.15, 0.2) is 29.2 Å². The van der Waals surface area contributed by atoms with Crippen molar-refractivity contribution >= 4 is 11.8 Å². The molecule has 1 aromatic carbocycles. The smallest absolute Gasteiger partial charge is 0.136 e. The van der Waals surface area contributed by atoms with E-state index in [1.54, 1.807) is 17.8 Å². The molecule has 82 valence electrons. The summed E-state index contributed by atoms with van der Waals surface area (Å²) in [5.74, 6) is 0.460. The fourth-order valence-electron chi connectivity index (χ4n) is 2.00. The molecule has 0 spiro atoms. The number of hydrogen-bond acceptors (Lipinski definition) is 2. The van der Waals surface area contributed by atoms with Crippen molar-refractivity contribution < 1.29 is 4.39 Å². The largest absolute Gasteiger partial charge is 0.329 e. The van der Waals surface area contributed by atoms with E-state index < -0.39 is 0 Å². The highest BCUT2D eigenvalue weighted by Crippen LogP contribution is 2.51. The number of rotatable bonds is 3. The zero-order valence-electron chi connectivity index (χ0n) is 8.87. The fourth-order valence-corrected chi connectivity index (χ4v) is 3.37. The number of benzene rings is 1. The first-order valence-electron chi connectivity index (χ1n) is 5.31. The zero-order valence-corrected chi connectivity index (χ0v) is 9.69. The number of hydrogen-bond donors (Lipinski definition) is 1. The van der Waals surface area contributed by atoms with E-state index in [-0.39, 0.29) is 10.6 Å². The van der Waals surface area contributed by atoms with Gasteiger partial charge in [0.2, 0.25) is 0 Å². The average molecular weight is 225 g/mol. The SMILES string of the molecule is CC1CCC1(CN)Sc1ccccc1F. The van der Waals surface area contributed by atoms with Gasteiger partial charge in [-0.1, -0.05) is 19.1 Å². The molecule has 0 bridgehead atoms. The molecule has 0 saturated heterocycles. The summed E-state index contributed by atoms with van der Waals surface area (Å²) in [6.07, 6.45) is 2.31. The molecule has 2 unspecified atom stereocenters. The average Bonchev–Trinajstić information content (AvgIpc) is 2.26. The minimum Gasteiger partial charge on any atom is -0.329 e. The standard InChI is InChI=1S/C12H16FNS/c1-9-6-7-12(9,8-14)15-11-5-3-2-4-10(11)13/h2-5,9H,6-8,14H2,1H3. The van der Waals surface area contributed by atoms with Gasteiger partial charge in [-0.3, -0.25) is 0 Å². The topological polar surface area (TPSA) is 26.0 Å². The summed E-state index contributed by atoms with van der Waals surface area (Å²) in [4.78, 5) is 0.731. The zero-order chi connectivity index (χ0) is 10.9. The van der Waals surface area contributed by atoms with Crippen LogP contribution in [-0.2, 0) is 0 Å². The van der Waals surface area contributed by atoms with Gasteiger partial charge >= 0.3 is 0 Å². The highest BCUT2D eigenvalue weighted by Gasteiger charge is 2.44. The van der Waals surface area contributed by atoms with Crippen LogP contribution in [-0.4, -0.2) is 11.3 Å². The Morgan fingerprint density at radius 1 is 1.53 bits per heavy atom. The molecule has 1 aliphatic rings. The highest BCUT2D eigenvalue weighted by molar-refractivity contribution is 8.00. The predicted octanol–water partition coefficient (Wildman–Crippen LogP) is 3.05. The lowest BCUT2D eigenvalue weighted by molar-refractivity contribution is 0.245. The van der Waals surface area contributed by atoms with Crippen LogP contribution in [0.3, 0.4) is 0 Å². The molecule has 2 rings (SSSR count). The normalized spacial score (nSPS) is 29.9. The van der Waals surface area contributed by atoms with Gasteiger partial charge < -0.3 is 5.73 Å². The maximum Gasteiger partial charge on any atom is 0.136 e. The van der Waals surface area contributed by atoms with E-state index in [0.717, 1.165) is 11.3 Å². The summed E-state index contributed by atoms with van der Waals surface area (Å²) in [5.41, 5.74) is 5.81. The van der Waals surface area contributed by atoms with Crippen LogP contribution < -0.4 is 5.73 Å². The number of thioether (sulfide) groups is 1. The Morgan fingerprint density at radius 2 is 2.27 bits per heavy atom. The molecule has 1 nitrogen and oxygen atoms in total. The molecule has 0 amide bonds. The third kappa shape index (κ3) is 1.91. The van der Waals surface area contributed by atoms with Crippen LogP contribution in [0.2, 0.25) is 0 Å². The summed E-state index contributed by atoms with van der Waals surface area (Å²) >= 11 is 1.61. The minimum absolute atomic E-state index is 0.0716. The van der Waals surface area contributed by atoms with Crippen LogP contribution >= 0.6 is 11.8 Å². The third-order valence-electron chi connectivity index (χ3n) is 3.39. The van der Waals surface area contributed by atoms with Crippen LogP contribution in [0, 0.1) is 11.7 Å². The Hall–Kier alpha value is -0.540. The summed E-state index contributed by atoms with van der Waals surface area (Å²) in [6, 6.07) is 6.94. The second-order valence-electron chi connectivity index (χ2n) is 4.24. The lowest BCUT2D eigenvalue weighted by atomic mass is 9.74. The molecule has 1 saturated carbocycles. The molecule has 1 fully saturated rings. The van der Waals surface area contributed by atoms with E-state index in [2.05, 4.69) is 6.92 Å². The van der Waals surface area contributed by atoms with E-state index >= 15 is 0 Å². The minimum atomic E-state index is -0.130. The Balaban J connectivity index is 2.17. The summed E-state index contributed by atoms with van der Waals surface area (Å²) in [5, 5.41) is 0. The summed E-state index contributed by atoms with van der Waals surface area (Å²) in [7, 11) is 0. The Kier molecular flexibility index (Phi) is 3.03. The van der Waals surface area contributed by atoms with Gasteiger partial charge in [0.25, 0.3) is 0 Å². The molecular weight excluding hydrogens is 209 g/mol. The van der Waals surface area contributed by atoms with E-state index in [1.807, 2.05) is 12.1 Å². The van der Waals surface area contributed by atoms with Crippen molar-refractivity contribution in [2.45, 2.75) is 29.4 Å². The predicted molar refractivity (Wildman–Crippen MR) is 62.4 cm³/mol. The Labute approximate surface area is 94.2 Å². The lowest BCUT2D eigenvalue weighted by Crippen LogP contribution is -2.48. The molecule has 0 aliphatic heterocycles. The highest BCUT2D eigenvalue weighted by atomic mass is 32.2. The summed E-state index contributed by atoms with van der Waals surface area (Å²) < 4.78 is 13.6. The third-order valence-corrected chi connectivity index (χ3v) is 5.12. The maximum atomic E-state index is 13.5. The maximum absolute atomic E-state index is 13.5. The molecule has 1 aromatic rings.